The number of alkyl halides is 3. The third kappa shape index (κ3) is 5.37. The van der Waals surface area contributed by atoms with Crippen LogP contribution in [-0.4, -0.2) is 36.5 Å². The largest absolute Gasteiger partial charge is 0.416 e. The van der Waals surface area contributed by atoms with Gasteiger partial charge in [-0.1, -0.05) is 54.1 Å². The van der Waals surface area contributed by atoms with Crippen LogP contribution in [0.1, 0.15) is 22.3 Å². The molecule has 1 N–H and O–H groups in total. The molecule has 2 aliphatic rings. The maximum atomic E-state index is 13.4. The van der Waals surface area contributed by atoms with Crippen LogP contribution in [0.2, 0.25) is 5.02 Å². The predicted molar refractivity (Wildman–Crippen MR) is 135 cm³/mol. The van der Waals surface area contributed by atoms with Gasteiger partial charge >= 0.3 is 6.18 Å². The molecule has 5 rings (SSSR count). The first-order valence-corrected chi connectivity index (χ1v) is 12.4. The molecule has 2 atom stereocenters. The topological polar surface area (TPSA) is 35.6 Å². The third-order valence-corrected chi connectivity index (χ3v) is 7.34. The Bertz CT molecular complexity index is 1220. The van der Waals surface area contributed by atoms with Gasteiger partial charge in [0, 0.05) is 43.4 Å². The molecule has 0 aliphatic carbocycles. The molecule has 1 saturated heterocycles. The Morgan fingerprint density at radius 1 is 0.972 bits per heavy atom. The Hall–Kier alpha value is -3.03. The minimum atomic E-state index is -4.42. The second-order valence-electron chi connectivity index (χ2n) is 9.48. The summed E-state index contributed by atoms with van der Waals surface area (Å²) in [6.45, 7) is 3.14. The van der Waals surface area contributed by atoms with E-state index in [1.807, 2.05) is 54.6 Å². The van der Waals surface area contributed by atoms with Crippen LogP contribution in [0.3, 0.4) is 0 Å². The van der Waals surface area contributed by atoms with Crippen molar-refractivity contribution in [3.05, 3.63) is 100 Å². The van der Waals surface area contributed by atoms with Gasteiger partial charge in [0.1, 0.15) is 0 Å². The van der Waals surface area contributed by atoms with E-state index >= 15 is 0 Å². The number of benzene rings is 3. The zero-order valence-electron chi connectivity index (χ0n) is 19.6. The molecule has 8 heteroatoms. The van der Waals surface area contributed by atoms with E-state index in [9.17, 15) is 18.0 Å². The Labute approximate surface area is 213 Å². The van der Waals surface area contributed by atoms with Gasteiger partial charge in [-0.25, -0.2) is 0 Å². The van der Waals surface area contributed by atoms with Crippen LogP contribution in [-0.2, 0) is 30.5 Å². The van der Waals surface area contributed by atoms with E-state index in [0.717, 1.165) is 36.0 Å². The van der Waals surface area contributed by atoms with E-state index in [1.165, 1.54) is 6.07 Å². The number of carbonyl (C=O) groups excluding carboxylic acids is 1. The first-order chi connectivity index (χ1) is 17.3. The monoisotopic (exact) mass is 513 g/mol. The van der Waals surface area contributed by atoms with E-state index in [2.05, 4.69) is 15.1 Å². The van der Waals surface area contributed by atoms with E-state index in [-0.39, 0.29) is 18.4 Å². The summed E-state index contributed by atoms with van der Waals surface area (Å²) in [5.74, 6) is -0.594. The maximum absolute atomic E-state index is 13.4. The number of nitrogens with one attached hydrogen (secondary N) is 1. The zero-order valence-corrected chi connectivity index (χ0v) is 20.4. The molecule has 1 amide bonds. The van der Waals surface area contributed by atoms with Crippen LogP contribution in [0.15, 0.2) is 72.8 Å². The van der Waals surface area contributed by atoms with Crippen molar-refractivity contribution in [3.8, 4) is 0 Å². The molecule has 2 heterocycles. The fourth-order valence-electron chi connectivity index (χ4n) is 5.27. The van der Waals surface area contributed by atoms with Crippen LogP contribution in [0.25, 0.3) is 0 Å². The third-order valence-electron chi connectivity index (χ3n) is 7.09. The summed E-state index contributed by atoms with van der Waals surface area (Å²) >= 11 is 6.03. The highest BCUT2D eigenvalue weighted by molar-refractivity contribution is 6.30. The highest BCUT2D eigenvalue weighted by atomic mass is 35.5. The smallest absolute Gasteiger partial charge is 0.365 e. The minimum absolute atomic E-state index is 0.133. The number of amides is 1. The summed E-state index contributed by atoms with van der Waals surface area (Å²) in [7, 11) is 0. The fraction of sp³-hybridized carbons (Fsp3) is 0.321. The Morgan fingerprint density at radius 2 is 1.72 bits per heavy atom. The van der Waals surface area contributed by atoms with Crippen LogP contribution in [0.4, 0.5) is 18.9 Å². The van der Waals surface area contributed by atoms with Gasteiger partial charge in [-0.2, -0.15) is 13.2 Å². The number of fused-ring (bicyclic) bond motifs is 3. The standard InChI is InChI=1S/C28H27ClF3N3O/c29-23-9-6-20(7-10-23)17-34-12-13-35-25-11-8-22(28(30,31)32)14-21(25)15-24(26(35)18-34)27(36)33-16-19-4-2-1-3-5-19/h1-11,14,24,26H,12-13,15-18H2,(H,33,36)/t24-,26-/m1/s1. The van der Waals surface area contributed by atoms with Gasteiger partial charge in [-0.3, -0.25) is 9.69 Å². The molecule has 188 valence electrons. The number of anilines is 1. The Balaban J connectivity index is 1.40. The molecule has 4 nitrogen and oxygen atoms in total. The van der Waals surface area contributed by atoms with Crippen molar-refractivity contribution in [2.24, 2.45) is 5.92 Å². The highest BCUT2D eigenvalue weighted by Gasteiger charge is 2.42. The van der Waals surface area contributed by atoms with Gasteiger partial charge in [0.2, 0.25) is 5.91 Å². The van der Waals surface area contributed by atoms with Crippen molar-refractivity contribution in [1.29, 1.82) is 0 Å². The number of hydrogen-bond donors (Lipinski definition) is 1. The van der Waals surface area contributed by atoms with Crippen molar-refractivity contribution in [2.45, 2.75) is 31.7 Å². The van der Waals surface area contributed by atoms with E-state index in [4.69, 9.17) is 11.6 Å². The average Bonchev–Trinajstić information content (AvgIpc) is 2.88. The van der Waals surface area contributed by atoms with Crippen molar-refractivity contribution < 1.29 is 18.0 Å². The summed E-state index contributed by atoms with van der Waals surface area (Å²) in [5, 5.41) is 3.71. The molecule has 0 bridgehead atoms. The lowest BCUT2D eigenvalue weighted by molar-refractivity contribution is -0.137. The summed E-state index contributed by atoms with van der Waals surface area (Å²) < 4.78 is 40.3. The highest BCUT2D eigenvalue weighted by Crippen LogP contribution is 2.40. The van der Waals surface area contributed by atoms with Crippen LogP contribution >= 0.6 is 11.6 Å². The molecule has 0 unspecified atom stereocenters. The van der Waals surface area contributed by atoms with Gasteiger partial charge in [-0.05, 0) is 53.4 Å². The molecule has 0 aromatic heterocycles. The molecule has 0 spiro atoms. The average molecular weight is 514 g/mol. The minimum Gasteiger partial charge on any atom is -0.365 e. The summed E-state index contributed by atoms with van der Waals surface area (Å²) in [6.07, 6.45) is -4.15. The van der Waals surface area contributed by atoms with Crippen molar-refractivity contribution in [1.82, 2.24) is 10.2 Å². The van der Waals surface area contributed by atoms with Gasteiger partial charge in [0.15, 0.2) is 0 Å². The van der Waals surface area contributed by atoms with E-state index in [1.54, 1.807) is 6.07 Å². The number of carbonyl (C=O) groups is 1. The fourth-order valence-corrected chi connectivity index (χ4v) is 5.39. The van der Waals surface area contributed by atoms with Crippen molar-refractivity contribution >= 4 is 23.2 Å². The quantitative estimate of drug-likeness (QED) is 0.487. The molecular weight excluding hydrogens is 487 g/mol. The van der Waals surface area contributed by atoms with Crippen molar-refractivity contribution in [2.75, 3.05) is 24.5 Å². The van der Waals surface area contributed by atoms with Crippen LogP contribution in [0.5, 0.6) is 0 Å². The van der Waals surface area contributed by atoms with Gasteiger partial charge in [0.25, 0.3) is 0 Å². The lowest BCUT2D eigenvalue weighted by Gasteiger charge is -2.49. The molecule has 0 radical (unpaired) electrons. The Kier molecular flexibility index (Phi) is 6.95. The van der Waals surface area contributed by atoms with Crippen molar-refractivity contribution in [3.63, 3.8) is 0 Å². The first kappa shape index (κ1) is 24.7. The van der Waals surface area contributed by atoms with E-state index in [0.29, 0.717) is 30.2 Å². The molecule has 3 aromatic rings. The molecule has 0 saturated carbocycles. The predicted octanol–water partition coefficient (Wildman–Crippen LogP) is 5.54. The van der Waals surface area contributed by atoms with Gasteiger partial charge in [-0.15, -0.1) is 0 Å². The zero-order chi connectivity index (χ0) is 25.3. The molecule has 2 aliphatic heterocycles. The van der Waals surface area contributed by atoms with Crippen LogP contribution < -0.4 is 10.2 Å². The second kappa shape index (κ2) is 10.1. The first-order valence-electron chi connectivity index (χ1n) is 12.0. The van der Waals surface area contributed by atoms with E-state index < -0.39 is 17.7 Å². The molecular formula is C28H27ClF3N3O. The van der Waals surface area contributed by atoms with Crippen LogP contribution in [0, 0.1) is 5.92 Å². The molecule has 3 aromatic carbocycles. The summed E-state index contributed by atoms with van der Waals surface area (Å²) in [6, 6.07) is 21.1. The number of nitrogens with zero attached hydrogens (tertiary/aromatic N) is 2. The summed E-state index contributed by atoms with van der Waals surface area (Å²) in [4.78, 5) is 17.9. The molecule has 36 heavy (non-hydrogen) atoms. The normalized spacial score (nSPS) is 19.9. The summed E-state index contributed by atoms with van der Waals surface area (Å²) in [5.41, 5.74) is 2.80. The lowest BCUT2D eigenvalue weighted by Crippen LogP contribution is -2.60. The van der Waals surface area contributed by atoms with Gasteiger partial charge in [0.05, 0.1) is 17.5 Å². The number of halogens is 4. The second-order valence-corrected chi connectivity index (χ2v) is 9.91. The maximum Gasteiger partial charge on any atom is 0.416 e. The Morgan fingerprint density at radius 3 is 2.44 bits per heavy atom. The number of hydrogen-bond acceptors (Lipinski definition) is 3. The molecule has 1 fully saturated rings. The van der Waals surface area contributed by atoms with Gasteiger partial charge < -0.3 is 10.2 Å². The number of piperazine rings is 1. The lowest BCUT2D eigenvalue weighted by atomic mass is 9.82. The SMILES string of the molecule is O=C(NCc1ccccc1)[C@@H]1Cc2cc(C(F)(F)F)ccc2N2CCN(Cc3ccc(Cl)cc3)C[C@H]12. The number of rotatable bonds is 5.